The van der Waals surface area contributed by atoms with E-state index in [-0.39, 0.29) is 13.2 Å². The summed E-state index contributed by atoms with van der Waals surface area (Å²) in [5.41, 5.74) is 0.350. The Balaban J connectivity index is 2.59. The van der Waals surface area contributed by atoms with Crippen molar-refractivity contribution in [2.24, 2.45) is 0 Å². The van der Waals surface area contributed by atoms with E-state index in [1.54, 1.807) is 25.1 Å². The van der Waals surface area contributed by atoms with Crippen LogP contribution in [0.3, 0.4) is 0 Å². The topological polar surface area (TPSA) is 61.8 Å². The van der Waals surface area contributed by atoms with Crippen molar-refractivity contribution in [2.45, 2.75) is 6.92 Å². The zero-order valence-electron chi connectivity index (χ0n) is 10.8. The lowest BCUT2D eigenvalue weighted by molar-refractivity contribution is -0.145. The Morgan fingerprint density at radius 2 is 2.11 bits per heavy atom. The van der Waals surface area contributed by atoms with Crippen LogP contribution < -0.4 is 4.74 Å². The van der Waals surface area contributed by atoms with E-state index in [2.05, 4.69) is 6.58 Å². The first-order chi connectivity index (χ1) is 9.17. The number of hydrogen-bond donors (Lipinski definition) is 0. The van der Waals surface area contributed by atoms with Gasteiger partial charge >= 0.3 is 11.9 Å². The molecule has 0 aromatic heterocycles. The summed E-state index contributed by atoms with van der Waals surface area (Å²) >= 11 is 0. The van der Waals surface area contributed by atoms with Crippen LogP contribution in [-0.2, 0) is 14.3 Å². The van der Waals surface area contributed by atoms with E-state index in [9.17, 15) is 9.59 Å². The fraction of sp³-hybridized carbons (Fsp3) is 0.286. The number of rotatable bonds is 7. The molecule has 1 aromatic carbocycles. The molecular formula is C14H16O5. The van der Waals surface area contributed by atoms with Gasteiger partial charge in [0.2, 0.25) is 0 Å². The van der Waals surface area contributed by atoms with Crippen LogP contribution in [0.25, 0.3) is 0 Å². The standard InChI is InChI=1S/C14H16O5/c1-3-8-18-14(16)11-6-5-7-12(9-11)19-10-13(15)17-4-2/h3,5-7,9H,1,4,8,10H2,2H3. The number of esters is 2. The van der Waals surface area contributed by atoms with Gasteiger partial charge < -0.3 is 14.2 Å². The molecule has 0 fully saturated rings. The first kappa shape index (κ1) is 14.8. The van der Waals surface area contributed by atoms with E-state index in [4.69, 9.17) is 14.2 Å². The molecule has 102 valence electrons. The first-order valence-corrected chi connectivity index (χ1v) is 5.84. The second-order valence-corrected chi connectivity index (χ2v) is 3.51. The van der Waals surface area contributed by atoms with E-state index >= 15 is 0 Å². The lowest BCUT2D eigenvalue weighted by Gasteiger charge is -2.07. The summed E-state index contributed by atoms with van der Waals surface area (Å²) in [4.78, 5) is 22.7. The summed E-state index contributed by atoms with van der Waals surface area (Å²) in [5.74, 6) is -0.523. The van der Waals surface area contributed by atoms with Gasteiger partial charge in [0.1, 0.15) is 12.4 Å². The number of hydrogen-bond acceptors (Lipinski definition) is 5. The molecule has 0 aliphatic rings. The SMILES string of the molecule is C=CCOC(=O)c1cccc(OCC(=O)OCC)c1. The number of carbonyl (C=O) groups is 2. The highest BCUT2D eigenvalue weighted by Crippen LogP contribution is 2.14. The summed E-state index contributed by atoms with van der Waals surface area (Å²) in [6, 6.07) is 6.39. The van der Waals surface area contributed by atoms with Crippen molar-refractivity contribution < 1.29 is 23.8 Å². The Morgan fingerprint density at radius 3 is 2.79 bits per heavy atom. The average molecular weight is 264 g/mol. The second kappa shape index (κ2) is 7.92. The fourth-order valence-corrected chi connectivity index (χ4v) is 1.28. The molecule has 0 radical (unpaired) electrons. The van der Waals surface area contributed by atoms with Crippen molar-refractivity contribution in [3.63, 3.8) is 0 Å². The van der Waals surface area contributed by atoms with Crippen LogP contribution in [0.15, 0.2) is 36.9 Å². The summed E-state index contributed by atoms with van der Waals surface area (Å²) in [7, 11) is 0. The van der Waals surface area contributed by atoms with Crippen molar-refractivity contribution in [3.05, 3.63) is 42.5 Å². The Bertz CT molecular complexity index is 453. The maximum atomic E-state index is 11.6. The van der Waals surface area contributed by atoms with Crippen LogP contribution in [0, 0.1) is 0 Å². The second-order valence-electron chi connectivity index (χ2n) is 3.51. The third kappa shape index (κ3) is 5.25. The molecule has 0 unspecified atom stereocenters. The number of ether oxygens (including phenoxy) is 3. The lowest BCUT2D eigenvalue weighted by Crippen LogP contribution is -2.14. The largest absolute Gasteiger partial charge is 0.482 e. The van der Waals surface area contributed by atoms with Crippen LogP contribution in [0.2, 0.25) is 0 Å². The highest BCUT2D eigenvalue weighted by atomic mass is 16.6. The van der Waals surface area contributed by atoms with E-state index in [0.29, 0.717) is 17.9 Å². The molecule has 1 rings (SSSR count). The molecule has 5 nitrogen and oxygen atoms in total. The Labute approximate surface area is 111 Å². The molecule has 19 heavy (non-hydrogen) atoms. The van der Waals surface area contributed by atoms with Crippen molar-refractivity contribution in [2.75, 3.05) is 19.8 Å². The van der Waals surface area contributed by atoms with Gasteiger partial charge in [0.15, 0.2) is 6.61 Å². The summed E-state index contributed by atoms with van der Waals surface area (Å²) in [6.45, 7) is 5.43. The molecule has 0 aliphatic heterocycles. The maximum Gasteiger partial charge on any atom is 0.344 e. The highest BCUT2D eigenvalue weighted by molar-refractivity contribution is 5.89. The molecule has 0 saturated heterocycles. The minimum Gasteiger partial charge on any atom is -0.482 e. The maximum absolute atomic E-state index is 11.6. The minimum absolute atomic E-state index is 0.146. The van der Waals surface area contributed by atoms with Gasteiger partial charge in [-0.25, -0.2) is 9.59 Å². The van der Waals surface area contributed by atoms with E-state index in [1.807, 2.05) is 0 Å². The zero-order valence-corrected chi connectivity index (χ0v) is 10.8. The third-order valence-corrected chi connectivity index (χ3v) is 2.06. The van der Waals surface area contributed by atoms with Gasteiger partial charge in [0.05, 0.1) is 12.2 Å². The molecule has 0 amide bonds. The molecule has 0 heterocycles. The molecule has 0 bridgehead atoms. The predicted molar refractivity (Wildman–Crippen MR) is 69.0 cm³/mol. The highest BCUT2D eigenvalue weighted by Gasteiger charge is 2.08. The van der Waals surface area contributed by atoms with Gasteiger partial charge in [-0.05, 0) is 25.1 Å². The van der Waals surface area contributed by atoms with Gasteiger partial charge in [-0.1, -0.05) is 18.7 Å². The molecule has 0 N–H and O–H groups in total. The molecule has 0 spiro atoms. The molecule has 1 aromatic rings. The van der Waals surface area contributed by atoms with Gasteiger partial charge in [-0.2, -0.15) is 0 Å². The van der Waals surface area contributed by atoms with Gasteiger partial charge in [0, 0.05) is 0 Å². The van der Waals surface area contributed by atoms with Crippen LogP contribution in [0.1, 0.15) is 17.3 Å². The summed E-state index contributed by atoms with van der Waals surface area (Å²) in [5, 5.41) is 0. The van der Waals surface area contributed by atoms with Crippen molar-refractivity contribution >= 4 is 11.9 Å². The van der Waals surface area contributed by atoms with E-state index < -0.39 is 11.9 Å². The average Bonchev–Trinajstić information content (AvgIpc) is 2.43. The lowest BCUT2D eigenvalue weighted by atomic mass is 10.2. The van der Waals surface area contributed by atoms with E-state index in [0.717, 1.165) is 0 Å². The molecule has 5 heteroatoms. The molecule has 0 saturated carbocycles. The normalized spacial score (nSPS) is 9.53. The number of carbonyl (C=O) groups excluding carboxylic acids is 2. The predicted octanol–water partition coefficient (Wildman–Crippen LogP) is 1.97. The van der Waals surface area contributed by atoms with Crippen LogP contribution in [0.4, 0.5) is 0 Å². The molecular weight excluding hydrogens is 248 g/mol. The van der Waals surface area contributed by atoms with Gasteiger partial charge in [-0.3, -0.25) is 0 Å². The fourth-order valence-electron chi connectivity index (χ4n) is 1.28. The molecule has 0 aliphatic carbocycles. The van der Waals surface area contributed by atoms with Crippen LogP contribution in [-0.4, -0.2) is 31.8 Å². The van der Waals surface area contributed by atoms with Gasteiger partial charge in [0.25, 0.3) is 0 Å². The van der Waals surface area contributed by atoms with Crippen molar-refractivity contribution in [1.82, 2.24) is 0 Å². The van der Waals surface area contributed by atoms with E-state index in [1.165, 1.54) is 12.1 Å². The van der Waals surface area contributed by atoms with Gasteiger partial charge in [-0.15, -0.1) is 0 Å². The Morgan fingerprint density at radius 1 is 1.32 bits per heavy atom. The zero-order chi connectivity index (χ0) is 14.1. The Kier molecular flexibility index (Phi) is 6.15. The summed E-state index contributed by atoms with van der Waals surface area (Å²) < 4.78 is 14.8. The number of benzene rings is 1. The first-order valence-electron chi connectivity index (χ1n) is 5.84. The van der Waals surface area contributed by atoms with Crippen LogP contribution in [0.5, 0.6) is 5.75 Å². The monoisotopic (exact) mass is 264 g/mol. The quantitative estimate of drug-likeness (QED) is 0.556. The van der Waals surface area contributed by atoms with Crippen molar-refractivity contribution in [3.8, 4) is 5.75 Å². The Hall–Kier alpha value is -2.30. The smallest absolute Gasteiger partial charge is 0.344 e. The summed E-state index contributed by atoms with van der Waals surface area (Å²) in [6.07, 6.45) is 1.49. The third-order valence-electron chi connectivity index (χ3n) is 2.06. The van der Waals surface area contributed by atoms with Crippen molar-refractivity contribution in [1.29, 1.82) is 0 Å². The molecule has 0 atom stereocenters. The minimum atomic E-state index is -0.471. The van der Waals surface area contributed by atoms with Crippen LogP contribution >= 0.6 is 0 Å².